The molecule has 0 radical (unpaired) electrons. The van der Waals surface area contributed by atoms with Crippen LogP contribution in [0, 0.1) is 0 Å². The maximum atomic E-state index is 5.39. The van der Waals surface area contributed by atoms with Gasteiger partial charge in [-0.15, -0.1) is 0 Å². The molecule has 0 aliphatic carbocycles. The van der Waals surface area contributed by atoms with E-state index in [1.807, 2.05) is 6.07 Å². The minimum absolute atomic E-state index is 0.258. The minimum atomic E-state index is 0.258. The molecular formula is C13H17NO2. The molecular weight excluding hydrogens is 202 g/mol. The Bertz CT molecular complexity index is 397. The lowest BCUT2D eigenvalue weighted by molar-refractivity contribution is 0.174. The van der Waals surface area contributed by atoms with Crippen molar-refractivity contribution in [2.24, 2.45) is 0 Å². The topological polar surface area (TPSA) is 30.5 Å². The molecule has 86 valence electrons. The van der Waals surface area contributed by atoms with E-state index < -0.39 is 0 Å². The third-order valence-corrected chi connectivity index (χ3v) is 3.49. The zero-order valence-electron chi connectivity index (χ0n) is 9.58. The molecule has 1 aromatic carbocycles. The lowest BCUT2D eigenvalue weighted by atomic mass is 9.91. The number of hydrogen-bond donors (Lipinski definition) is 1. The van der Waals surface area contributed by atoms with Crippen molar-refractivity contribution < 1.29 is 9.47 Å². The fourth-order valence-corrected chi connectivity index (χ4v) is 2.61. The first kappa shape index (κ1) is 9.97. The second-order valence-corrected chi connectivity index (χ2v) is 4.96. The lowest BCUT2D eigenvalue weighted by Gasteiger charge is -2.24. The first-order valence-corrected chi connectivity index (χ1v) is 5.89. The molecule has 2 aliphatic heterocycles. The van der Waals surface area contributed by atoms with E-state index in [-0.39, 0.29) is 5.54 Å². The molecule has 1 saturated heterocycles. The van der Waals surface area contributed by atoms with Gasteiger partial charge in [-0.25, -0.2) is 0 Å². The van der Waals surface area contributed by atoms with Gasteiger partial charge in [-0.2, -0.15) is 0 Å². The molecule has 0 bridgehead atoms. The van der Waals surface area contributed by atoms with Crippen molar-refractivity contribution in [3.8, 4) is 11.5 Å². The molecule has 3 heteroatoms. The number of hydrogen-bond acceptors (Lipinski definition) is 3. The highest BCUT2D eigenvalue weighted by molar-refractivity contribution is 5.44. The number of rotatable bonds is 2. The van der Waals surface area contributed by atoms with Gasteiger partial charge in [-0.1, -0.05) is 6.07 Å². The van der Waals surface area contributed by atoms with E-state index in [1.54, 1.807) is 0 Å². The molecule has 3 nitrogen and oxygen atoms in total. The summed E-state index contributed by atoms with van der Waals surface area (Å²) >= 11 is 0. The van der Waals surface area contributed by atoms with E-state index in [0.717, 1.165) is 24.5 Å². The smallest absolute Gasteiger partial charge is 0.231 e. The molecule has 0 saturated carbocycles. The van der Waals surface area contributed by atoms with Crippen LogP contribution in [0.5, 0.6) is 11.5 Å². The number of benzene rings is 1. The second-order valence-electron chi connectivity index (χ2n) is 4.96. The highest BCUT2D eigenvalue weighted by Gasteiger charge is 2.28. The molecule has 2 aliphatic rings. The Hall–Kier alpha value is -1.22. The summed E-state index contributed by atoms with van der Waals surface area (Å²) in [6, 6.07) is 6.25. The van der Waals surface area contributed by atoms with E-state index >= 15 is 0 Å². The minimum Gasteiger partial charge on any atom is -0.454 e. The maximum absolute atomic E-state index is 5.39. The van der Waals surface area contributed by atoms with Crippen molar-refractivity contribution in [2.75, 3.05) is 13.3 Å². The number of ether oxygens (including phenoxy) is 2. The molecule has 0 spiro atoms. The van der Waals surface area contributed by atoms with Crippen molar-refractivity contribution in [2.45, 2.75) is 31.7 Å². The molecule has 1 unspecified atom stereocenters. The van der Waals surface area contributed by atoms with Gasteiger partial charge in [-0.3, -0.25) is 0 Å². The van der Waals surface area contributed by atoms with Crippen LogP contribution in [-0.2, 0) is 6.42 Å². The normalized spacial score (nSPS) is 27.3. The Kier molecular flexibility index (Phi) is 2.28. The average Bonchev–Trinajstić information content (AvgIpc) is 2.86. The zero-order chi connectivity index (χ0) is 11.0. The standard InChI is InChI=1S/C13H17NO2/c1-13(5-2-6-14-13)8-10-3-4-11-12(7-10)16-9-15-11/h3-4,7,14H,2,5-6,8-9H2,1H3. The van der Waals surface area contributed by atoms with Crippen LogP contribution in [0.1, 0.15) is 25.3 Å². The van der Waals surface area contributed by atoms with Crippen LogP contribution in [0.2, 0.25) is 0 Å². The van der Waals surface area contributed by atoms with E-state index in [0.29, 0.717) is 6.79 Å². The summed E-state index contributed by atoms with van der Waals surface area (Å²) in [5.74, 6) is 1.76. The van der Waals surface area contributed by atoms with E-state index in [9.17, 15) is 0 Å². The molecule has 3 rings (SSSR count). The Balaban J connectivity index is 1.80. The highest BCUT2D eigenvalue weighted by Crippen LogP contribution is 2.34. The van der Waals surface area contributed by atoms with Crippen LogP contribution in [0.4, 0.5) is 0 Å². The summed E-state index contributed by atoms with van der Waals surface area (Å²) in [5.41, 5.74) is 1.58. The van der Waals surface area contributed by atoms with Gasteiger partial charge in [0.2, 0.25) is 6.79 Å². The predicted molar refractivity (Wildman–Crippen MR) is 61.9 cm³/mol. The monoisotopic (exact) mass is 219 g/mol. The Morgan fingerprint density at radius 3 is 3.00 bits per heavy atom. The molecule has 0 aromatic heterocycles. The van der Waals surface area contributed by atoms with Gasteiger partial charge < -0.3 is 14.8 Å². The van der Waals surface area contributed by atoms with Crippen LogP contribution in [0.25, 0.3) is 0 Å². The highest BCUT2D eigenvalue weighted by atomic mass is 16.7. The van der Waals surface area contributed by atoms with Crippen LogP contribution >= 0.6 is 0 Å². The third kappa shape index (κ3) is 1.76. The van der Waals surface area contributed by atoms with Gasteiger partial charge >= 0.3 is 0 Å². The summed E-state index contributed by atoms with van der Waals surface area (Å²) in [6.07, 6.45) is 3.59. The number of fused-ring (bicyclic) bond motifs is 1. The fourth-order valence-electron chi connectivity index (χ4n) is 2.61. The summed E-state index contributed by atoms with van der Waals surface area (Å²) in [6.45, 7) is 3.79. The SMILES string of the molecule is CC1(Cc2ccc3c(c2)OCO3)CCCN1. The van der Waals surface area contributed by atoms with E-state index in [2.05, 4.69) is 24.4 Å². The van der Waals surface area contributed by atoms with E-state index in [4.69, 9.17) is 9.47 Å². The quantitative estimate of drug-likeness (QED) is 0.826. The van der Waals surface area contributed by atoms with Crippen LogP contribution in [-0.4, -0.2) is 18.9 Å². The molecule has 1 fully saturated rings. The predicted octanol–water partition coefficient (Wildman–Crippen LogP) is 2.10. The third-order valence-electron chi connectivity index (χ3n) is 3.49. The molecule has 0 amide bonds. The van der Waals surface area contributed by atoms with Crippen molar-refractivity contribution in [1.29, 1.82) is 0 Å². The molecule has 2 heterocycles. The van der Waals surface area contributed by atoms with Crippen molar-refractivity contribution in [3.05, 3.63) is 23.8 Å². The molecule has 1 atom stereocenters. The van der Waals surface area contributed by atoms with Crippen molar-refractivity contribution in [3.63, 3.8) is 0 Å². The van der Waals surface area contributed by atoms with Crippen molar-refractivity contribution >= 4 is 0 Å². The first-order chi connectivity index (χ1) is 7.75. The molecule has 1 aromatic rings. The van der Waals surface area contributed by atoms with Gasteiger partial charge in [-0.05, 0) is 50.4 Å². The first-order valence-electron chi connectivity index (χ1n) is 5.89. The van der Waals surface area contributed by atoms with Gasteiger partial charge in [0.25, 0.3) is 0 Å². The second kappa shape index (κ2) is 3.67. The number of nitrogens with one attached hydrogen (secondary N) is 1. The Labute approximate surface area is 95.8 Å². The van der Waals surface area contributed by atoms with Gasteiger partial charge in [0, 0.05) is 5.54 Å². The molecule has 1 N–H and O–H groups in total. The summed E-state index contributed by atoms with van der Waals surface area (Å²) in [7, 11) is 0. The maximum Gasteiger partial charge on any atom is 0.231 e. The summed E-state index contributed by atoms with van der Waals surface area (Å²) < 4.78 is 10.7. The van der Waals surface area contributed by atoms with E-state index in [1.165, 1.54) is 18.4 Å². The Morgan fingerprint density at radius 2 is 2.19 bits per heavy atom. The van der Waals surface area contributed by atoms with Gasteiger partial charge in [0.1, 0.15) is 0 Å². The average molecular weight is 219 g/mol. The van der Waals surface area contributed by atoms with Crippen LogP contribution in [0.15, 0.2) is 18.2 Å². The van der Waals surface area contributed by atoms with Crippen molar-refractivity contribution in [1.82, 2.24) is 5.32 Å². The zero-order valence-corrected chi connectivity index (χ0v) is 9.58. The summed E-state index contributed by atoms with van der Waals surface area (Å²) in [5, 5.41) is 3.58. The largest absolute Gasteiger partial charge is 0.454 e. The fraction of sp³-hybridized carbons (Fsp3) is 0.538. The van der Waals surface area contributed by atoms with Gasteiger partial charge in [0.05, 0.1) is 0 Å². The lowest BCUT2D eigenvalue weighted by Crippen LogP contribution is -2.38. The summed E-state index contributed by atoms with van der Waals surface area (Å²) in [4.78, 5) is 0. The van der Waals surface area contributed by atoms with Gasteiger partial charge in [0.15, 0.2) is 11.5 Å². The van der Waals surface area contributed by atoms with Crippen LogP contribution in [0.3, 0.4) is 0 Å². The molecule has 16 heavy (non-hydrogen) atoms. The van der Waals surface area contributed by atoms with Crippen LogP contribution < -0.4 is 14.8 Å². The Morgan fingerprint density at radius 1 is 1.31 bits per heavy atom.